The number of nitrogens with one attached hydrogen (secondary N) is 1. The number of sulfonamides is 1. The Bertz CT molecular complexity index is 1130. The molecule has 0 saturated heterocycles. The average Bonchev–Trinajstić information content (AvgIpc) is 2.78. The van der Waals surface area contributed by atoms with Crippen molar-refractivity contribution in [3.8, 4) is 0 Å². The summed E-state index contributed by atoms with van der Waals surface area (Å²) in [5.41, 5.74) is 1.12. The van der Waals surface area contributed by atoms with Crippen molar-refractivity contribution in [1.29, 1.82) is 0 Å². The second-order valence-corrected chi connectivity index (χ2v) is 11.2. The molecule has 0 aromatic heterocycles. The normalized spacial score (nSPS) is 12.2. The standard InChI is InChI=1S/C24H30Cl3N3O4S/c1-4-22(24(32)28-5-2)29(16-17-8-9-19(26)15-21(17)27)23(31)7-6-14-30(35(3,33)34)20-12-10-18(25)11-13-20/h8-13,15,22H,4-7,14,16H2,1-3H3,(H,28,32). The highest BCUT2D eigenvalue weighted by Crippen LogP contribution is 2.25. The molecule has 0 heterocycles. The lowest BCUT2D eigenvalue weighted by molar-refractivity contribution is -0.141. The molecule has 1 N–H and O–H groups in total. The number of halogens is 3. The number of hydrogen-bond donors (Lipinski definition) is 1. The molecule has 0 spiro atoms. The number of hydrogen-bond acceptors (Lipinski definition) is 4. The average molecular weight is 563 g/mol. The van der Waals surface area contributed by atoms with E-state index in [9.17, 15) is 18.0 Å². The fourth-order valence-electron chi connectivity index (χ4n) is 3.66. The molecule has 1 atom stereocenters. The molecule has 0 saturated carbocycles. The molecule has 0 aliphatic carbocycles. The zero-order chi connectivity index (χ0) is 26.2. The number of nitrogens with zero attached hydrogens (tertiary/aromatic N) is 2. The molecule has 11 heteroatoms. The van der Waals surface area contributed by atoms with Crippen LogP contribution in [0.15, 0.2) is 42.5 Å². The quantitative estimate of drug-likeness (QED) is 0.388. The summed E-state index contributed by atoms with van der Waals surface area (Å²) in [5, 5.41) is 4.13. The lowest BCUT2D eigenvalue weighted by atomic mass is 10.1. The van der Waals surface area contributed by atoms with Crippen molar-refractivity contribution in [3.05, 3.63) is 63.1 Å². The minimum atomic E-state index is -3.58. The maximum Gasteiger partial charge on any atom is 0.242 e. The van der Waals surface area contributed by atoms with E-state index in [-0.39, 0.29) is 37.7 Å². The maximum absolute atomic E-state index is 13.3. The summed E-state index contributed by atoms with van der Waals surface area (Å²) in [6.45, 7) is 4.29. The first-order valence-electron chi connectivity index (χ1n) is 11.2. The van der Waals surface area contributed by atoms with Crippen molar-refractivity contribution < 1.29 is 18.0 Å². The van der Waals surface area contributed by atoms with Gasteiger partial charge >= 0.3 is 0 Å². The molecule has 7 nitrogen and oxygen atoms in total. The number of benzene rings is 2. The van der Waals surface area contributed by atoms with Gasteiger partial charge in [-0.1, -0.05) is 47.8 Å². The molecule has 0 aliphatic heterocycles. The molecule has 0 aliphatic rings. The molecule has 0 bridgehead atoms. The van der Waals surface area contributed by atoms with Gasteiger partial charge in [-0.3, -0.25) is 13.9 Å². The first kappa shape index (κ1) is 29.2. The van der Waals surface area contributed by atoms with Crippen LogP contribution in [-0.2, 0) is 26.2 Å². The minimum Gasteiger partial charge on any atom is -0.355 e. The molecule has 35 heavy (non-hydrogen) atoms. The largest absolute Gasteiger partial charge is 0.355 e. The third-order valence-corrected chi connectivity index (χ3v) is 7.39. The summed E-state index contributed by atoms with van der Waals surface area (Å²) in [5.74, 6) is -0.536. The highest BCUT2D eigenvalue weighted by atomic mass is 35.5. The van der Waals surface area contributed by atoms with Crippen molar-refractivity contribution in [2.24, 2.45) is 0 Å². The zero-order valence-electron chi connectivity index (χ0n) is 19.9. The molecule has 0 radical (unpaired) electrons. The number of rotatable bonds is 12. The van der Waals surface area contributed by atoms with Gasteiger partial charge in [-0.2, -0.15) is 0 Å². The van der Waals surface area contributed by atoms with Crippen LogP contribution in [0.4, 0.5) is 5.69 Å². The van der Waals surface area contributed by atoms with Crippen LogP contribution in [-0.4, -0.2) is 50.5 Å². The monoisotopic (exact) mass is 561 g/mol. The van der Waals surface area contributed by atoms with Crippen LogP contribution in [0, 0.1) is 0 Å². The van der Waals surface area contributed by atoms with Crippen LogP contribution in [0.3, 0.4) is 0 Å². The van der Waals surface area contributed by atoms with Crippen LogP contribution >= 0.6 is 34.8 Å². The minimum absolute atomic E-state index is 0.0424. The Morgan fingerprint density at radius 3 is 2.17 bits per heavy atom. The van der Waals surface area contributed by atoms with Gasteiger partial charge in [0.15, 0.2) is 0 Å². The van der Waals surface area contributed by atoms with Crippen LogP contribution in [0.25, 0.3) is 0 Å². The van der Waals surface area contributed by atoms with Gasteiger partial charge in [0.1, 0.15) is 6.04 Å². The third kappa shape index (κ3) is 8.56. The van der Waals surface area contributed by atoms with Gasteiger partial charge in [0.25, 0.3) is 0 Å². The van der Waals surface area contributed by atoms with Crippen LogP contribution in [0.1, 0.15) is 38.7 Å². The van der Waals surface area contributed by atoms with E-state index in [1.54, 1.807) is 42.5 Å². The van der Waals surface area contributed by atoms with Crippen LogP contribution in [0.5, 0.6) is 0 Å². The van der Waals surface area contributed by atoms with Crippen LogP contribution in [0.2, 0.25) is 15.1 Å². The van der Waals surface area contributed by atoms with Gasteiger partial charge in [0.2, 0.25) is 21.8 Å². The summed E-state index contributed by atoms with van der Waals surface area (Å²) in [6.07, 6.45) is 1.81. The molecule has 2 aromatic rings. The highest BCUT2D eigenvalue weighted by Gasteiger charge is 2.29. The predicted octanol–water partition coefficient (Wildman–Crippen LogP) is 5.14. The lowest BCUT2D eigenvalue weighted by Gasteiger charge is -2.31. The van der Waals surface area contributed by atoms with E-state index in [1.807, 2.05) is 13.8 Å². The lowest BCUT2D eigenvalue weighted by Crippen LogP contribution is -2.49. The molecule has 192 valence electrons. The predicted molar refractivity (Wildman–Crippen MR) is 143 cm³/mol. The number of amides is 2. The zero-order valence-corrected chi connectivity index (χ0v) is 23.0. The summed E-state index contributed by atoms with van der Waals surface area (Å²) in [4.78, 5) is 27.5. The molecule has 2 rings (SSSR count). The van der Waals surface area contributed by atoms with Crippen molar-refractivity contribution in [2.75, 3.05) is 23.7 Å². The second-order valence-electron chi connectivity index (χ2n) is 7.99. The van der Waals surface area contributed by atoms with E-state index in [0.29, 0.717) is 39.3 Å². The summed E-state index contributed by atoms with van der Waals surface area (Å²) < 4.78 is 26.0. The fraction of sp³-hybridized carbons (Fsp3) is 0.417. The van der Waals surface area contributed by atoms with E-state index in [0.717, 1.165) is 6.26 Å². The third-order valence-electron chi connectivity index (χ3n) is 5.36. The smallest absolute Gasteiger partial charge is 0.242 e. The van der Waals surface area contributed by atoms with Crippen LogP contribution < -0.4 is 9.62 Å². The van der Waals surface area contributed by atoms with Gasteiger partial charge in [0, 0.05) is 41.1 Å². The first-order valence-corrected chi connectivity index (χ1v) is 14.2. The summed E-state index contributed by atoms with van der Waals surface area (Å²) in [6, 6.07) is 10.7. The van der Waals surface area contributed by atoms with E-state index < -0.39 is 16.1 Å². The maximum atomic E-state index is 13.3. The Hall–Kier alpha value is -2.00. The molecule has 2 amide bonds. The molecule has 0 fully saturated rings. The van der Waals surface area contributed by atoms with E-state index in [2.05, 4.69) is 5.32 Å². The van der Waals surface area contributed by atoms with Crippen molar-refractivity contribution in [3.63, 3.8) is 0 Å². The number of anilines is 1. The Kier molecular flexibility index (Phi) is 11.1. The van der Waals surface area contributed by atoms with Gasteiger partial charge in [-0.15, -0.1) is 0 Å². The highest BCUT2D eigenvalue weighted by molar-refractivity contribution is 7.92. The van der Waals surface area contributed by atoms with Gasteiger partial charge in [-0.05, 0) is 61.7 Å². The molecule has 2 aromatic carbocycles. The Morgan fingerprint density at radius 1 is 1.00 bits per heavy atom. The second kappa shape index (κ2) is 13.3. The summed E-state index contributed by atoms with van der Waals surface area (Å²) in [7, 11) is -3.58. The Balaban J connectivity index is 2.23. The van der Waals surface area contributed by atoms with Crippen molar-refractivity contribution in [1.82, 2.24) is 10.2 Å². The van der Waals surface area contributed by atoms with Gasteiger partial charge in [-0.25, -0.2) is 8.42 Å². The number of carbonyl (C=O) groups is 2. The van der Waals surface area contributed by atoms with Gasteiger partial charge in [0.05, 0.1) is 11.9 Å². The topological polar surface area (TPSA) is 86.8 Å². The number of likely N-dealkylation sites (N-methyl/N-ethyl adjacent to an activating group) is 1. The van der Waals surface area contributed by atoms with Crippen molar-refractivity contribution >= 4 is 62.3 Å². The van der Waals surface area contributed by atoms with E-state index in [1.165, 1.54) is 9.21 Å². The Labute approximate surface area is 222 Å². The molecule has 1 unspecified atom stereocenters. The van der Waals surface area contributed by atoms with E-state index in [4.69, 9.17) is 34.8 Å². The molecular weight excluding hydrogens is 533 g/mol. The first-order chi connectivity index (χ1) is 16.5. The number of carbonyl (C=O) groups excluding carboxylic acids is 2. The fourth-order valence-corrected chi connectivity index (χ4v) is 5.22. The van der Waals surface area contributed by atoms with E-state index >= 15 is 0 Å². The molecular formula is C24H30Cl3N3O4S. The SMILES string of the molecule is CCNC(=O)C(CC)N(Cc1ccc(Cl)cc1Cl)C(=O)CCCN(c1ccc(Cl)cc1)S(C)(=O)=O. The summed E-state index contributed by atoms with van der Waals surface area (Å²) >= 11 is 18.3. The Morgan fingerprint density at radius 2 is 1.63 bits per heavy atom. The van der Waals surface area contributed by atoms with Gasteiger partial charge < -0.3 is 10.2 Å². The van der Waals surface area contributed by atoms with Crippen molar-refractivity contribution in [2.45, 2.75) is 45.7 Å².